The Morgan fingerprint density at radius 2 is 1.71 bits per heavy atom. The van der Waals surface area contributed by atoms with Gasteiger partial charge in [0, 0.05) is 12.6 Å². The third-order valence-electron chi connectivity index (χ3n) is 5.85. The van der Waals surface area contributed by atoms with E-state index in [1.54, 1.807) is 0 Å². The highest BCUT2D eigenvalue weighted by molar-refractivity contribution is 5.44. The van der Waals surface area contributed by atoms with Gasteiger partial charge in [-0.1, -0.05) is 32.0 Å². The van der Waals surface area contributed by atoms with Crippen LogP contribution in [0.5, 0.6) is 11.5 Å². The van der Waals surface area contributed by atoms with Crippen LogP contribution in [0.3, 0.4) is 0 Å². The second kappa shape index (κ2) is 9.47. The first-order valence-electron chi connectivity index (χ1n) is 10.8. The van der Waals surface area contributed by atoms with Gasteiger partial charge in [-0.25, -0.2) is 0 Å². The summed E-state index contributed by atoms with van der Waals surface area (Å²) in [5, 5.41) is 0. The van der Waals surface area contributed by atoms with Gasteiger partial charge in [0.1, 0.15) is 11.5 Å². The molecule has 0 amide bonds. The summed E-state index contributed by atoms with van der Waals surface area (Å²) in [7, 11) is 0. The zero-order chi connectivity index (χ0) is 20.1. The molecular weight excluding hydrogens is 346 g/mol. The second-order valence-corrected chi connectivity index (χ2v) is 7.86. The lowest BCUT2D eigenvalue weighted by molar-refractivity contribution is 0.270. The maximum Gasteiger partial charge on any atom is 0.122 e. The molecule has 0 aromatic heterocycles. The zero-order valence-electron chi connectivity index (χ0n) is 18.1. The van der Waals surface area contributed by atoms with Crippen LogP contribution in [0.25, 0.3) is 0 Å². The van der Waals surface area contributed by atoms with Crippen molar-refractivity contribution in [3.63, 3.8) is 0 Å². The lowest BCUT2D eigenvalue weighted by Gasteiger charge is -2.23. The molecule has 3 heteroatoms. The van der Waals surface area contributed by atoms with Crippen LogP contribution in [0.4, 0.5) is 0 Å². The average Bonchev–Trinajstić information content (AvgIpc) is 3.13. The molecular formula is C25H35NO2. The highest BCUT2D eigenvalue weighted by atomic mass is 16.5. The molecule has 2 atom stereocenters. The SMILES string of the molecule is CCCOc1ccc(C2CC(c3cc(C)c(OCC)cc3C)CN2CC)cc1. The molecule has 1 aliphatic rings. The van der Waals surface area contributed by atoms with Crippen LogP contribution < -0.4 is 9.47 Å². The Morgan fingerprint density at radius 1 is 0.964 bits per heavy atom. The summed E-state index contributed by atoms with van der Waals surface area (Å²) in [6, 6.07) is 13.8. The average molecular weight is 382 g/mol. The minimum atomic E-state index is 0.474. The Bertz CT molecular complexity index is 769. The monoisotopic (exact) mass is 381 g/mol. The van der Waals surface area contributed by atoms with Gasteiger partial charge in [0.15, 0.2) is 0 Å². The fourth-order valence-corrected chi connectivity index (χ4v) is 4.39. The lowest BCUT2D eigenvalue weighted by atomic mass is 9.89. The van der Waals surface area contributed by atoms with E-state index < -0.39 is 0 Å². The molecule has 1 aliphatic heterocycles. The van der Waals surface area contributed by atoms with Crippen LogP contribution in [0.2, 0.25) is 0 Å². The molecule has 1 heterocycles. The molecule has 1 fully saturated rings. The van der Waals surface area contributed by atoms with Crippen LogP contribution in [-0.4, -0.2) is 31.2 Å². The van der Waals surface area contributed by atoms with E-state index in [0.717, 1.165) is 44.0 Å². The van der Waals surface area contributed by atoms with Gasteiger partial charge in [0.05, 0.1) is 13.2 Å². The molecule has 0 radical (unpaired) electrons. The van der Waals surface area contributed by atoms with Crippen molar-refractivity contribution in [3.8, 4) is 11.5 Å². The van der Waals surface area contributed by atoms with E-state index in [-0.39, 0.29) is 0 Å². The third-order valence-corrected chi connectivity index (χ3v) is 5.85. The Morgan fingerprint density at radius 3 is 2.36 bits per heavy atom. The molecule has 3 nitrogen and oxygen atoms in total. The van der Waals surface area contributed by atoms with Crippen molar-refractivity contribution in [2.24, 2.45) is 0 Å². The molecule has 1 saturated heterocycles. The van der Waals surface area contributed by atoms with Crippen LogP contribution in [0, 0.1) is 13.8 Å². The molecule has 0 bridgehead atoms. The molecule has 152 valence electrons. The normalized spacial score (nSPS) is 19.8. The summed E-state index contributed by atoms with van der Waals surface area (Å²) in [5.41, 5.74) is 5.46. The number of aryl methyl sites for hydroxylation is 2. The first kappa shape index (κ1) is 20.7. The van der Waals surface area contributed by atoms with Crippen molar-refractivity contribution in [2.45, 2.75) is 59.4 Å². The van der Waals surface area contributed by atoms with Gasteiger partial charge in [0.25, 0.3) is 0 Å². The minimum Gasteiger partial charge on any atom is -0.494 e. The molecule has 0 aliphatic carbocycles. The molecule has 2 aromatic carbocycles. The van der Waals surface area contributed by atoms with Gasteiger partial charge in [0.2, 0.25) is 0 Å². The van der Waals surface area contributed by atoms with Crippen molar-refractivity contribution in [3.05, 3.63) is 58.7 Å². The summed E-state index contributed by atoms with van der Waals surface area (Å²) in [5.74, 6) is 2.56. The summed E-state index contributed by atoms with van der Waals surface area (Å²) in [6.07, 6.45) is 2.20. The van der Waals surface area contributed by atoms with E-state index in [2.05, 4.69) is 69.0 Å². The van der Waals surface area contributed by atoms with Crippen molar-refractivity contribution < 1.29 is 9.47 Å². The van der Waals surface area contributed by atoms with Crippen LogP contribution >= 0.6 is 0 Å². The fourth-order valence-electron chi connectivity index (χ4n) is 4.39. The zero-order valence-corrected chi connectivity index (χ0v) is 18.1. The number of hydrogen-bond acceptors (Lipinski definition) is 3. The number of likely N-dealkylation sites (tertiary alicyclic amines) is 1. The van der Waals surface area contributed by atoms with Crippen molar-refractivity contribution >= 4 is 0 Å². The topological polar surface area (TPSA) is 21.7 Å². The Hall–Kier alpha value is -2.00. The van der Waals surface area contributed by atoms with Crippen LogP contribution in [-0.2, 0) is 0 Å². The third kappa shape index (κ3) is 4.52. The van der Waals surface area contributed by atoms with Crippen LogP contribution in [0.15, 0.2) is 36.4 Å². The summed E-state index contributed by atoms with van der Waals surface area (Å²) < 4.78 is 11.5. The molecule has 2 aromatic rings. The summed E-state index contributed by atoms with van der Waals surface area (Å²) in [4.78, 5) is 2.61. The van der Waals surface area contributed by atoms with E-state index >= 15 is 0 Å². The number of benzene rings is 2. The first-order chi connectivity index (χ1) is 13.6. The van der Waals surface area contributed by atoms with Gasteiger partial charge < -0.3 is 9.47 Å². The summed E-state index contributed by atoms with van der Waals surface area (Å²) in [6.45, 7) is 14.5. The number of ether oxygens (including phenoxy) is 2. The number of likely N-dealkylation sites (N-methyl/N-ethyl adjacent to an activating group) is 1. The molecule has 2 unspecified atom stereocenters. The quantitative estimate of drug-likeness (QED) is 0.556. The first-order valence-corrected chi connectivity index (χ1v) is 10.8. The molecule has 0 N–H and O–H groups in total. The number of hydrogen-bond donors (Lipinski definition) is 0. The van der Waals surface area contributed by atoms with Crippen molar-refractivity contribution in [1.82, 2.24) is 4.90 Å². The standard InChI is InChI=1S/C25H35NO2/c1-6-13-28-22-11-9-20(10-12-22)24-16-21(17-26(24)7-2)23-14-19(5)25(27-8-3)15-18(23)4/h9-12,14-15,21,24H,6-8,13,16-17H2,1-5H3. The number of nitrogens with zero attached hydrogens (tertiary/aromatic N) is 1. The number of rotatable bonds is 8. The molecule has 0 saturated carbocycles. The van der Waals surface area contributed by atoms with Crippen molar-refractivity contribution in [2.75, 3.05) is 26.3 Å². The molecule has 28 heavy (non-hydrogen) atoms. The fraction of sp³-hybridized carbons (Fsp3) is 0.520. The van der Waals surface area contributed by atoms with Gasteiger partial charge >= 0.3 is 0 Å². The highest BCUT2D eigenvalue weighted by Crippen LogP contribution is 2.42. The van der Waals surface area contributed by atoms with Crippen molar-refractivity contribution in [1.29, 1.82) is 0 Å². The van der Waals surface area contributed by atoms with Gasteiger partial charge in [-0.15, -0.1) is 0 Å². The minimum absolute atomic E-state index is 0.474. The van der Waals surface area contributed by atoms with E-state index in [1.807, 2.05) is 6.92 Å². The Kier molecular flexibility index (Phi) is 7.01. The molecule has 3 rings (SSSR count). The Balaban J connectivity index is 1.79. The van der Waals surface area contributed by atoms with Crippen LogP contribution in [0.1, 0.15) is 67.8 Å². The summed E-state index contributed by atoms with van der Waals surface area (Å²) >= 11 is 0. The maximum atomic E-state index is 5.78. The smallest absolute Gasteiger partial charge is 0.122 e. The van der Waals surface area contributed by atoms with Gasteiger partial charge in [-0.2, -0.15) is 0 Å². The Labute approximate surface area is 170 Å². The van der Waals surface area contributed by atoms with E-state index in [4.69, 9.17) is 9.47 Å². The molecule has 0 spiro atoms. The maximum absolute atomic E-state index is 5.78. The van der Waals surface area contributed by atoms with Gasteiger partial charge in [-0.05, 0) is 86.5 Å². The van der Waals surface area contributed by atoms with E-state index in [1.165, 1.54) is 22.3 Å². The lowest BCUT2D eigenvalue weighted by Crippen LogP contribution is -2.23. The highest BCUT2D eigenvalue weighted by Gasteiger charge is 2.33. The second-order valence-electron chi connectivity index (χ2n) is 7.86. The predicted molar refractivity (Wildman–Crippen MR) is 117 cm³/mol. The van der Waals surface area contributed by atoms with E-state index in [0.29, 0.717) is 18.6 Å². The predicted octanol–water partition coefficient (Wildman–Crippen LogP) is 6.04. The van der Waals surface area contributed by atoms with E-state index in [9.17, 15) is 0 Å². The van der Waals surface area contributed by atoms with Gasteiger partial charge in [-0.3, -0.25) is 4.90 Å². The largest absolute Gasteiger partial charge is 0.494 e.